The summed E-state index contributed by atoms with van der Waals surface area (Å²) in [5.74, 6) is 0.748. The Balaban J connectivity index is 1.24. The highest BCUT2D eigenvalue weighted by molar-refractivity contribution is 7.99. The number of fused-ring (bicyclic) bond motifs is 1. The maximum absolute atomic E-state index is 13.0. The van der Waals surface area contributed by atoms with Gasteiger partial charge in [-0.1, -0.05) is 41.6 Å². The number of para-hydroxylation sites is 1. The number of thioether (sulfide) groups is 1. The number of amides is 1. The fraction of sp³-hybridized carbons (Fsp3) is 0.273. The highest BCUT2D eigenvalue weighted by Gasteiger charge is 2.27. The number of carbonyl (C=O) groups is 1. The molecule has 1 amide bonds. The van der Waals surface area contributed by atoms with Crippen molar-refractivity contribution in [2.75, 3.05) is 18.8 Å². The SMILES string of the molecule is O=C(CSc1nncn1-c1cccc(Cl)c1)N1CCCC(c2nc3ccccc3s2)C1. The summed E-state index contributed by atoms with van der Waals surface area (Å²) < 4.78 is 3.06. The molecular weight excluding hydrogens is 450 g/mol. The van der Waals surface area contributed by atoms with Gasteiger partial charge in [0.25, 0.3) is 0 Å². The monoisotopic (exact) mass is 469 g/mol. The topological polar surface area (TPSA) is 63.9 Å². The Kier molecular flexibility index (Phi) is 5.93. The predicted octanol–water partition coefficient (Wildman–Crippen LogP) is 5.03. The highest BCUT2D eigenvalue weighted by atomic mass is 35.5. The molecule has 0 radical (unpaired) electrons. The van der Waals surface area contributed by atoms with Crippen LogP contribution in [0.2, 0.25) is 5.02 Å². The number of hydrogen-bond acceptors (Lipinski definition) is 6. The average Bonchev–Trinajstić information content (AvgIpc) is 3.44. The van der Waals surface area contributed by atoms with Gasteiger partial charge in [-0.2, -0.15) is 0 Å². The molecule has 5 rings (SSSR count). The van der Waals surface area contributed by atoms with E-state index < -0.39 is 0 Å². The summed E-state index contributed by atoms with van der Waals surface area (Å²) in [5.41, 5.74) is 1.92. The third kappa shape index (κ3) is 4.46. The second kappa shape index (κ2) is 8.98. The first kappa shape index (κ1) is 20.5. The second-order valence-electron chi connectivity index (χ2n) is 7.45. The van der Waals surface area contributed by atoms with Crippen molar-refractivity contribution < 1.29 is 4.79 Å². The number of rotatable bonds is 5. The van der Waals surface area contributed by atoms with E-state index in [4.69, 9.17) is 16.6 Å². The van der Waals surface area contributed by atoms with E-state index in [1.807, 2.05) is 51.9 Å². The molecule has 1 atom stereocenters. The zero-order valence-electron chi connectivity index (χ0n) is 16.6. The molecule has 158 valence electrons. The van der Waals surface area contributed by atoms with E-state index in [-0.39, 0.29) is 5.91 Å². The van der Waals surface area contributed by atoms with Gasteiger partial charge in [0.1, 0.15) is 6.33 Å². The van der Waals surface area contributed by atoms with Crippen molar-refractivity contribution in [1.29, 1.82) is 0 Å². The van der Waals surface area contributed by atoms with Gasteiger partial charge in [0.2, 0.25) is 5.91 Å². The first-order valence-electron chi connectivity index (χ1n) is 10.1. The standard InChI is InChI=1S/C22H20ClN5OS2/c23-16-6-3-7-17(11-16)28-14-24-26-22(28)30-13-20(29)27-10-4-5-15(12-27)21-25-18-8-1-2-9-19(18)31-21/h1-3,6-9,11,14-15H,4-5,10,12-13H2. The van der Waals surface area contributed by atoms with Gasteiger partial charge in [-0.25, -0.2) is 4.98 Å². The molecule has 0 aliphatic carbocycles. The van der Waals surface area contributed by atoms with Crippen molar-refractivity contribution in [2.45, 2.75) is 23.9 Å². The molecular formula is C22H20ClN5OS2. The molecule has 4 aromatic rings. The highest BCUT2D eigenvalue weighted by Crippen LogP contribution is 2.33. The lowest BCUT2D eigenvalue weighted by atomic mass is 9.99. The van der Waals surface area contributed by atoms with Gasteiger partial charge in [-0.3, -0.25) is 9.36 Å². The molecule has 2 aromatic heterocycles. The summed E-state index contributed by atoms with van der Waals surface area (Å²) in [6.45, 7) is 1.52. The van der Waals surface area contributed by atoms with Crippen molar-refractivity contribution in [1.82, 2.24) is 24.6 Å². The molecule has 6 nitrogen and oxygen atoms in total. The number of piperidine rings is 1. The van der Waals surface area contributed by atoms with E-state index in [1.54, 1.807) is 17.7 Å². The smallest absolute Gasteiger partial charge is 0.233 e. The Morgan fingerprint density at radius 3 is 3.00 bits per heavy atom. The minimum absolute atomic E-state index is 0.122. The molecule has 9 heteroatoms. The molecule has 1 aliphatic rings. The normalized spacial score (nSPS) is 16.7. The van der Waals surface area contributed by atoms with Gasteiger partial charge in [-0.05, 0) is 43.2 Å². The summed E-state index contributed by atoms with van der Waals surface area (Å²) in [4.78, 5) is 19.7. The van der Waals surface area contributed by atoms with Crippen LogP contribution in [-0.4, -0.2) is 49.4 Å². The number of nitrogens with zero attached hydrogens (tertiary/aromatic N) is 5. The summed E-state index contributed by atoms with van der Waals surface area (Å²) in [7, 11) is 0. The molecule has 1 unspecified atom stereocenters. The van der Waals surface area contributed by atoms with Crippen LogP contribution >= 0.6 is 34.7 Å². The van der Waals surface area contributed by atoms with Crippen LogP contribution in [0.5, 0.6) is 0 Å². The second-order valence-corrected chi connectivity index (χ2v) is 9.89. The van der Waals surface area contributed by atoms with Crippen LogP contribution < -0.4 is 0 Å². The van der Waals surface area contributed by atoms with Crippen LogP contribution in [-0.2, 0) is 4.79 Å². The van der Waals surface area contributed by atoms with Crippen molar-refractivity contribution in [3.8, 4) is 5.69 Å². The summed E-state index contributed by atoms with van der Waals surface area (Å²) in [5, 5.41) is 10.6. The number of benzene rings is 2. The molecule has 0 spiro atoms. The molecule has 0 saturated carbocycles. The maximum Gasteiger partial charge on any atom is 0.233 e. The Bertz CT molecular complexity index is 1190. The lowest BCUT2D eigenvalue weighted by Gasteiger charge is -2.31. The average molecular weight is 470 g/mol. The van der Waals surface area contributed by atoms with Crippen LogP contribution in [0.4, 0.5) is 0 Å². The molecule has 1 saturated heterocycles. The molecule has 1 aliphatic heterocycles. The number of hydrogen-bond donors (Lipinski definition) is 0. The number of thiazole rings is 1. The lowest BCUT2D eigenvalue weighted by Crippen LogP contribution is -2.40. The fourth-order valence-corrected chi connectivity index (χ4v) is 5.92. The van der Waals surface area contributed by atoms with E-state index in [2.05, 4.69) is 16.3 Å². The first-order valence-corrected chi connectivity index (χ1v) is 12.3. The van der Waals surface area contributed by atoms with Gasteiger partial charge in [-0.15, -0.1) is 21.5 Å². The molecule has 31 heavy (non-hydrogen) atoms. The fourth-order valence-electron chi connectivity index (χ4n) is 3.81. The van der Waals surface area contributed by atoms with Gasteiger partial charge < -0.3 is 4.90 Å². The Hall–Kier alpha value is -2.42. The molecule has 0 bridgehead atoms. The minimum Gasteiger partial charge on any atom is -0.341 e. The van der Waals surface area contributed by atoms with Crippen molar-refractivity contribution in [3.63, 3.8) is 0 Å². The van der Waals surface area contributed by atoms with Crippen molar-refractivity contribution in [2.24, 2.45) is 0 Å². The third-order valence-electron chi connectivity index (χ3n) is 5.36. The van der Waals surface area contributed by atoms with Crippen LogP contribution in [0, 0.1) is 0 Å². The zero-order chi connectivity index (χ0) is 21.2. The quantitative estimate of drug-likeness (QED) is 0.383. The maximum atomic E-state index is 13.0. The van der Waals surface area contributed by atoms with E-state index in [0.29, 0.717) is 21.8 Å². The Morgan fingerprint density at radius 1 is 1.23 bits per heavy atom. The number of carbonyl (C=O) groups excluding carboxylic acids is 1. The van der Waals surface area contributed by atoms with Crippen LogP contribution in [0.25, 0.3) is 15.9 Å². The Labute approximate surface area is 193 Å². The lowest BCUT2D eigenvalue weighted by molar-refractivity contribution is -0.129. The summed E-state index contributed by atoms with van der Waals surface area (Å²) in [6, 6.07) is 15.7. The van der Waals surface area contributed by atoms with Gasteiger partial charge >= 0.3 is 0 Å². The van der Waals surface area contributed by atoms with E-state index >= 15 is 0 Å². The van der Waals surface area contributed by atoms with E-state index in [9.17, 15) is 4.79 Å². The van der Waals surface area contributed by atoms with E-state index in [0.717, 1.165) is 42.1 Å². The van der Waals surface area contributed by atoms with E-state index in [1.165, 1.54) is 16.5 Å². The number of aromatic nitrogens is 4. The third-order valence-corrected chi connectivity index (χ3v) is 7.72. The minimum atomic E-state index is 0.122. The van der Waals surface area contributed by atoms with Gasteiger partial charge in [0, 0.05) is 24.0 Å². The summed E-state index contributed by atoms with van der Waals surface area (Å²) >= 11 is 9.25. The number of halogens is 1. The van der Waals surface area contributed by atoms with Crippen molar-refractivity contribution in [3.05, 3.63) is 64.9 Å². The molecule has 1 fully saturated rings. The van der Waals surface area contributed by atoms with Crippen molar-refractivity contribution >= 4 is 50.8 Å². The van der Waals surface area contributed by atoms with Gasteiger partial charge in [0.05, 0.1) is 26.7 Å². The molecule has 2 aromatic carbocycles. The predicted molar refractivity (Wildman–Crippen MR) is 125 cm³/mol. The summed E-state index contributed by atoms with van der Waals surface area (Å²) in [6.07, 6.45) is 3.71. The molecule has 3 heterocycles. The van der Waals surface area contributed by atoms with Crippen LogP contribution in [0.1, 0.15) is 23.8 Å². The molecule has 0 N–H and O–H groups in total. The zero-order valence-corrected chi connectivity index (χ0v) is 19.0. The van der Waals surface area contributed by atoms with Crippen LogP contribution in [0.3, 0.4) is 0 Å². The van der Waals surface area contributed by atoms with Gasteiger partial charge in [0.15, 0.2) is 5.16 Å². The number of likely N-dealkylation sites (tertiary alicyclic amines) is 1. The Morgan fingerprint density at radius 2 is 2.13 bits per heavy atom. The first-order chi connectivity index (χ1) is 15.2. The van der Waals surface area contributed by atoms with Crippen LogP contribution in [0.15, 0.2) is 60.0 Å². The largest absolute Gasteiger partial charge is 0.341 e.